The molecule has 0 aliphatic heterocycles. The third-order valence-corrected chi connectivity index (χ3v) is 1.76. The standard InChI is InChI=1S/C10H10N2O3/c1-14-9-4-7(5-10(13)15-2)3-8(6-11)12-9/h3-4H,5H2,1-2H3. The van der Waals surface area contributed by atoms with Crippen LogP contribution in [0.3, 0.4) is 0 Å². The lowest BCUT2D eigenvalue weighted by Crippen LogP contribution is -2.05. The van der Waals surface area contributed by atoms with Crippen LogP contribution in [-0.2, 0) is 16.0 Å². The summed E-state index contributed by atoms with van der Waals surface area (Å²) in [4.78, 5) is 14.9. The van der Waals surface area contributed by atoms with Crippen molar-refractivity contribution in [2.24, 2.45) is 0 Å². The van der Waals surface area contributed by atoms with Crippen molar-refractivity contribution in [1.29, 1.82) is 5.26 Å². The maximum Gasteiger partial charge on any atom is 0.309 e. The molecule has 0 unspecified atom stereocenters. The molecule has 0 bridgehead atoms. The Balaban J connectivity index is 2.98. The molecule has 0 fully saturated rings. The van der Waals surface area contributed by atoms with Crippen molar-refractivity contribution in [2.45, 2.75) is 6.42 Å². The molecule has 1 rings (SSSR count). The summed E-state index contributed by atoms with van der Waals surface area (Å²) in [5.41, 5.74) is 0.860. The third-order valence-electron chi connectivity index (χ3n) is 1.76. The van der Waals surface area contributed by atoms with Gasteiger partial charge in [-0.05, 0) is 11.6 Å². The summed E-state index contributed by atoms with van der Waals surface area (Å²) < 4.78 is 9.42. The van der Waals surface area contributed by atoms with E-state index in [2.05, 4.69) is 9.72 Å². The van der Waals surface area contributed by atoms with E-state index in [4.69, 9.17) is 10.00 Å². The van der Waals surface area contributed by atoms with Crippen LogP contribution in [-0.4, -0.2) is 25.2 Å². The lowest BCUT2D eigenvalue weighted by molar-refractivity contribution is -0.139. The Labute approximate surface area is 87.3 Å². The van der Waals surface area contributed by atoms with Crippen molar-refractivity contribution in [3.63, 3.8) is 0 Å². The van der Waals surface area contributed by atoms with Gasteiger partial charge in [0, 0.05) is 6.07 Å². The maximum atomic E-state index is 11.0. The molecule has 1 aromatic heterocycles. The molecule has 0 aromatic carbocycles. The number of carbonyl (C=O) groups is 1. The minimum atomic E-state index is -0.368. The topological polar surface area (TPSA) is 72.2 Å². The SMILES string of the molecule is COC(=O)Cc1cc(C#N)nc(OC)c1. The fourth-order valence-electron chi connectivity index (χ4n) is 1.06. The number of esters is 1. The van der Waals surface area contributed by atoms with Gasteiger partial charge in [-0.25, -0.2) is 4.98 Å². The second-order valence-electron chi connectivity index (χ2n) is 2.77. The van der Waals surface area contributed by atoms with Gasteiger partial charge in [-0.1, -0.05) is 0 Å². The van der Waals surface area contributed by atoms with Gasteiger partial charge < -0.3 is 9.47 Å². The van der Waals surface area contributed by atoms with E-state index in [9.17, 15) is 4.79 Å². The Bertz CT molecular complexity index is 410. The van der Waals surface area contributed by atoms with Gasteiger partial charge in [-0.2, -0.15) is 5.26 Å². The summed E-state index contributed by atoms with van der Waals surface area (Å²) in [6.07, 6.45) is 0.101. The summed E-state index contributed by atoms with van der Waals surface area (Å²) in [5.74, 6) is -0.0555. The molecule has 5 nitrogen and oxygen atoms in total. The first kappa shape index (κ1) is 11.0. The highest BCUT2D eigenvalue weighted by molar-refractivity contribution is 5.72. The quantitative estimate of drug-likeness (QED) is 0.680. The maximum absolute atomic E-state index is 11.0. The minimum absolute atomic E-state index is 0.101. The number of ether oxygens (including phenoxy) is 2. The lowest BCUT2D eigenvalue weighted by atomic mass is 10.1. The summed E-state index contributed by atoms with van der Waals surface area (Å²) >= 11 is 0. The van der Waals surface area contributed by atoms with E-state index < -0.39 is 0 Å². The molecule has 1 heterocycles. The fraction of sp³-hybridized carbons (Fsp3) is 0.300. The molecular weight excluding hydrogens is 196 g/mol. The van der Waals surface area contributed by atoms with Crippen LogP contribution in [0.2, 0.25) is 0 Å². The van der Waals surface area contributed by atoms with E-state index in [1.54, 1.807) is 6.07 Å². The molecule has 5 heteroatoms. The first-order chi connectivity index (χ1) is 7.19. The van der Waals surface area contributed by atoms with Gasteiger partial charge in [0.1, 0.15) is 11.8 Å². The van der Waals surface area contributed by atoms with E-state index in [1.165, 1.54) is 20.3 Å². The van der Waals surface area contributed by atoms with E-state index in [0.29, 0.717) is 11.4 Å². The molecule has 78 valence electrons. The van der Waals surface area contributed by atoms with Gasteiger partial charge in [0.15, 0.2) is 0 Å². The highest BCUT2D eigenvalue weighted by Gasteiger charge is 2.07. The monoisotopic (exact) mass is 206 g/mol. The van der Waals surface area contributed by atoms with Gasteiger partial charge in [0.25, 0.3) is 0 Å². The smallest absolute Gasteiger partial charge is 0.309 e. The summed E-state index contributed by atoms with van der Waals surface area (Å²) in [6.45, 7) is 0. The van der Waals surface area contributed by atoms with Gasteiger partial charge in [-0.15, -0.1) is 0 Å². The van der Waals surface area contributed by atoms with Crippen molar-refractivity contribution >= 4 is 5.97 Å². The molecule has 1 aromatic rings. The number of nitrogens with zero attached hydrogens (tertiary/aromatic N) is 2. The Morgan fingerprint density at radius 3 is 2.80 bits per heavy atom. The highest BCUT2D eigenvalue weighted by atomic mass is 16.5. The molecule has 0 saturated heterocycles. The minimum Gasteiger partial charge on any atom is -0.481 e. The predicted octanol–water partition coefficient (Wildman–Crippen LogP) is 0.677. The Morgan fingerprint density at radius 1 is 1.53 bits per heavy atom. The van der Waals surface area contributed by atoms with Crippen LogP contribution in [0.5, 0.6) is 5.88 Å². The number of hydrogen-bond acceptors (Lipinski definition) is 5. The van der Waals surface area contributed by atoms with Crippen molar-refractivity contribution in [1.82, 2.24) is 4.98 Å². The van der Waals surface area contributed by atoms with Crippen LogP contribution in [0.25, 0.3) is 0 Å². The van der Waals surface area contributed by atoms with E-state index >= 15 is 0 Å². The summed E-state index contributed by atoms with van der Waals surface area (Å²) in [6, 6.07) is 5.01. The first-order valence-corrected chi connectivity index (χ1v) is 4.21. The Kier molecular flexibility index (Phi) is 3.63. The Morgan fingerprint density at radius 2 is 2.27 bits per heavy atom. The molecule has 0 radical (unpaired) electrons. The van der Waals surface area contributed by atoms with Crippen molar-refractivity contribution in [2.75, 3.05) is 14.2 Å². The van der Waals surface area contributed by atoms with Gasteiger partial charge >= 0.3 is 5.97 Å². The molecule has 0 aliphatic rings. The van der Waals surface area contributed by atoms with Crippen molar-refractivity contribution in [3.05, 3.63) is 23.4 Å². The second kappa shape index (κ2) is 4.96. The summed E-state index contributed by atoms with van der Waals surface area (Å²) in [5, 5.41) is 8.69. The zero-order chi connectivity index (χ0) is 11.3. The van der Waals surface area contributed by atoms with E-state index in [-0.39, 0.29) is 18.1 Å². The average Bonchev–Trinajstić information content (AvgIpc) is 2.28. The molecular formula is C10H10N2O3. The zero-order valence-corrected chi connectivity index (χ0v) is 8.48. The Hall–Kier alpha value is -2.09. The fourth-order valence-corrected chi connectivity index (χ4v) is 1.06. The second-order valence-corrected chi connectivity index (χ2v) is 2.77. The van der Waals surface area contributed by atoms with Crippen molar-refractivity contribution in [3.8, 4) is 11.9 Å². The van der Waals surface area contributed by atoms with Crippen LogP contribution in [0.1, 0.15) is 11.3 Å². The number of aromatic nitrogens is 1. The van der Waals surface area contributed by atoms with Crippen LogP contribution < -0.4 is 4.74 Å². The normalized spacial score (nSPS) is 9.13. The number of pyridine rings is 1. The molecule has 15 heavy (non-hydrogen) atoms. The van der Waals surface area contributed by atoms with Crippen LogP contribution in [0.15, 0.2) is 12.1 Å². The van der Waals surface area contributed by atoms with Crippen LogP contribution >= 0.6 is 0 Å². The highest BCUT2D eigenvalue weighted by Crippen LogP contribution is 2.12. The molecule has 0 N–H and O–H groups in total. The number of hydrogen-bond donors (Lipinski definition) is 0. The molecule has 0 spiro atoms. The van der Waals surface area contributed by atoms with Gasteiger partial charge in [0.2, 0.25) is 5.88 Å². The molecule has 0 amide bonds. The number of rotatable bonds is 3. The number of carbonyl (C=O) groups excluding carboxylic acids is 1. The van der Waals surface area contributed by atoms with Gasteiger partial charge in [0.05, 0.1) is 20.6 Å². The average molecular weight is 206 g/mol. The van der Waals surface area contributed by atoms with Crippen molar-refractivity contribution < 1.29 is 14.3 Å². The van der Waals surface area contributed by atoms with E-state index in [0.717, 1.165) is 0 Å². The lowest BCUT2D eigenvalue weighted by Gasteiger charge is -2.03. The predicted molar refractivity (Wildman–Crippen MR) is 51.2 cm³/mol. The number of methoxy groups -OCH3 is 2. The third kappa shape index (κ3) is 2.95. The zero-order valence-electron chi connectivity index (χ0n) is 8.48. The molecule has 0 aliphatic carbocycles. The first-order valence-electron chi connectivity index (χ1n) is 4.21. The largest absolute Gasteiger partial charge is 0.481 e. The summed E-state index contributed by atoms with van der Waals surface area (Å²) in [7, 11) is 2.76. The van der Waals surface area contributed by atoms with Crippen LogP contribution in [0, 0.1) is 11.3 Å². The molecule has 0 atom stereocenters. The van der Waals surface area contributed by atoms with Crippen LogP contribution in [0.4, 0.5) is 0 Å². The van der Waals surface area contributed by atoms with E-state index in [1.807, 2.05) is 6.07 Å². The molecule has 0 saturated carbocycles. The number of nitriles is 1. The van der Waals surface area contributed by atoms with Gasteiger partial charge in [-0.3, -0.25) is 4.79 Å².